The van der Waals surface area contributed by atoms with E-state index in [0.717, 1.165) is 19.3 Å². The van der Waals surface area contributed by atoms with Crippen LogP contribution >= 0.6 is 0 Å². The van der Waals surface area contributed by atoms with Crippen molar-refractivity contribution in [2.24, 2.45) is 5.92 Å². The molecule has 2 aromatic carbocycles. The SMILES string of the molecule is CCOC(=O)/C=C/C[C@@H](c1ccc2ccccc2c1)[C@@H]1CCCCC1=O. The monoisotopic (exact) mass is 350 g/mol. The maximum absolute atomic E-state index is 12.6. The van der Waals surface area contributed by atoms with Crippen molar-refractivity contribution in [3.05, 3.63) is 60.2 Å². The van der Waals surface area contributed by atoms with Gasteiger partial charge in [-0.1, -0.05) is 55.0 Å². The van der Waals surface area contributed by atoms with E-state index in [1.165, 1.54) is 22.4 Å². The molecule has 0 bridgehead atoms. The van der Waals surface area contributed by atoms with Gasteiger partial charge in [-0.25, -0.2) is 4.79 Å². The minimum absolute atomic E-state index is 0.0387. The lowest BCUT2D eigenvalue weighted by molar-refractivity contribution is -0.137. The summed E-state index contributed by atoms with van der Waals surface area (Å²) in [4.78, 5) is 24.2. The highest BCUT2D eigenvalue weighted by Crippen LogP contribution is 2.37. The summed E-state index contributed by atoms with van der Waals surface area (Å²) in [6, 6.07) is 14.7. The average Bonchev–Trinajstić information content (AvgIpc) is 2.66. The van der Waals surface area contributed by atoms with Gasteiger partial charge in [-0.2, -0.15) is 0 Å². The van der Waals surface area contributed by atoms with Crippen molar-refractivity contribution < 1.29 is 14.3 Å². The summed E-state index contributed by atoms with van der Waals surface area (Å²) in [5.74, 6) is 0.188. The van der Waals surface area contributed by atoms with Crippen LogP contribution < -0.4 is 0 Å². The summed E-state index contributed by atoms with van der Waals surface area (Å²) in [6.45, 7) is 2.17. The molecule has 3 heteroatoms. The molecule has 2 aromatic rings. The molecule has 3 nitrogen and oxygen atoms in total. The van der Waals surface area contributed by atoms with Gasteiger partial charge in [0, 0.05) is 18.4 Å². The van der Waals surface area contributed by atoms with E-state index >= 15 is 0 Å². The van der Waals surface area contributed by atoms with Gasteiger partial charge in [0.1, 0.15) is 5.78 Å². The fraction of sp³-hybridized carbons (Fsp3) is 0.391. The molecule has 0 unspecified atom stereocenters. The Morgan fingerprint density at radius 3 is 2.77 bits per heavy atom. The number of Topliss-reactive ketones (excluding diaryl/α,β-unsaturated/α-hetero) is 1. The molecule has 3 rings (SSSR count). The highest BCUT2D eigenvalue weighted by Gasteiger charge is 2.30. The first-order valence-corrected chi connectivity index (χ1v) is 9.53. The zero-order chi connectivity index (χ0) is 18.4. The predicted molar refractivity (Wildman–Crippen MR) is 104 cm³/mol. The first-order valence-electron chi connectivity index (χ1n) is 9.53. The second-order valence-corrected chi connectivity index (χ2v) is 6.92. The maximum atomic E-state index is 12.6. The van der Waals surface area contributed by atoms with Gasteiger partial charge in [-0.15, -0.1) is 0 Å². The Bertz CT molecular complexity index is 806. The van der Waals surface area contributed by atoms with Crippen LogP contribution in [0.4, 0.5) is 0 Å². The van der Waals surface area contributed by atoms with Crippen LogP contribution in [-0.4, -0.2) is 18.4 Å². The van der Waals surface area contributed by atoms with Gasteiger partial charge in [-0.3, -0.25) is 4.79 Å². The van der Waals surface area contributed by atoms with Gasteiger partial charge < -0.3 is 4.74 Å². The van der Waals surface area contributed by atoms with E-state index in [1.807, 2.05) is 18.2 Å². The van der Waals surface area contributed by atoms with Gasteiger partial charge >= 0.3 is 5.97 Å². The molecule has 0 aromatic heterocycles. The fourth-order valence-corrected chi connectivity index (χ4v) is 3.91. The van der Waals surface area contributed by atoms with Crippen molar-refractivity contribution in [2.75, 3.05) is 6.61 Å². The number of hydrogen-bond donors (Lipinski definition) is 0. The van der Waals surface area contributed by atoms with E-state index in [4.69, 9.17) is 4.74 Å². The third-order valence-corrected chi connectivity index (χ3v) is 5.22. The maximum Gasteiger partial charge on any atom is 0.330 e. The Morgan fingerprint density at radius 2 is 2.00 bits per heavy atom. The van der Waals surface area contributed by atoms with Crippen molar-refractivity contribution in [1.29, 1.82) is 0 Å². The van der Waals surface area contributed by atoms with Crippen LogP contribution in [-0.2, 0) is 14.3 Å². The van der Waals surface area contributed by atoms with Crippen LogP contribution in [0.3, 0.4) is 0 Å². The number of rotatable bonds is 6. The smallest absolute Gasteiger partial charge is 0.330 e. The third kappa shape index (κ3) is 4.40. The highest BCUT2D eigenvalue weighted by molar-refractivity contribution is 5.85. The van der Waals surface area contributed by atoms with Gasteiger partial charge in [0.25, 0.3) is 0 Å². The van der Waals surface area contributed by atoms with Gasteiger partial charge in [0.15, 0.2) is 0 Å². The molecular formula is C23H26O3. The van der Waals surface area contributed by atoms with Crippen LogP contribution in [0.1, 0.15) is 50.5 Å². The van der Waals surface area contributed by atoms with Crippen molar-refractivity contribution in [3.8, 4) is 0 Å². The fourth-order valence-electron chi connectivity index (χ4n) is 3.91. The number of allylic oxidation sites excluding steroid dienone is 1. The molecule has 0 amide bonds. The molecule has 0 aliphatic heterocycles. The zero-order valence-corrected chi connectivity index (χ0v) is 15.3. The summed E-state index contributed by atoms with van der Waals surface area (Å²) in [6.07, 6.45) is 7.73. The highest BCUT2D eigenvalue weighted by atomic mass is 16.5. The number of carbonyl (C=O) groups excluding carboxylic acids is 2. The molecule has 0 radical (unpaired) electrons. The van der Waals surface area contributed by atoms with Crippen molar-refractivity contribution in [2.45, 2.75) is 44.9 Å². The van der Waals surface area contributed by atoms with E-state index in [0.29, 0.717) is 25.2 Å². The zero-order valence-electron chi connectivity index (χ0n) is 15.3. The lowest BCUT2D eigenvalue weighted by atomic mass is 9.74. The Morgan fingerprint density at radius 1 is 1.19 bits per heavy atom. The Balaban J connectivity index is 1.87. The summed E-state index contributed by atoms with van der Waals surface area (Å²) in [5.41, 5.74) is 1.18. The predicted octanol–water partition coefficient (Wildman–Crippen LogP) is 5.19. The minimum atomic E-state index is -0.320. The molecule has 0 heterocycles. The molecule has 1 fully saturated rings. The topological polar surface area (TPSA) is 43.4 Å². The quantitative estimate of drug-likeness (QED) is 0.532. The number of carbonyl (C=O) groups is 2. The van der Waals surface area contributed by atoms with Crippen molar-refractivity contribution in [1.82, 2.24) is 0 Å². The molecule has 0 saturated heterocycles. The Kier molecular flexibility index (Phi) is 6.21. The normalized spacial score (nSPS) is 19.0. The number of ether oxygens (including phenoxy) is 1. The first-order chi connectivity index (χ1) is 12.7. The van der Waals surface area contributed by atoms with Crippen molar-refractivity contribution >= 4 is 22.5 Å². The molecule has 1 aliphatic carbocycles. The average molecular weight is 350 g/mol. The van der Waals surface area contributed by atoms with Crippen LogP contribution in [0.15, 0.2) is 54.6 Å². The molecule has 136 valence electrons. The van der Waals surface area contributed by atoms with Gasteiger partial charge in [-0.05, 0) is 48.4 Å². The van der Waals surface area contributed by atoms with Gasteiger partial charge in [0.2, 0.25) is 0 Å². The molecule has 1 aliphatic rings. The number of ketones is 1. The molecular weight excluding hydrogens is 324 g/mol. The number of benzene rings is 2. The van der Waals surface area contributed by atoms with E-state index in [2.05, 4.69) is 30.3 Å². The second-order valence-electron chi connectivity index (χ2n) is 6.92. The van der Waals surface area contributed by atoms with Crippen molar-refractivity contribution in [3.63, 3.8) is 0 Å². The van der Waals surface area contributed by atoms with Crippen LogP contribution in [0.25, 0.3) is 10.8 Å². The largest absolute Gasteiger partial charge is 0.463 e. The van der Waals surface area contributed by atoms with Crippen LogP contribution in [0.5, 0.6) is 0 Å². The molecule has 2 atom stereocenters. The summed E-state index contributed by atoms with van der Waals surface area (Å²) in [5, 5.41) is 2.39. The number of hydrogen-bond acceptors (Lipinski definition) is 3. The number of fused-ring (bicyclic) bond motifs is 1. The second kappa shape index (κ2) is 8.79. The van der Waals surface area contributed by atoms with E-state index < -0.39 is 0 Å². The number of esters is 1. The summed E-state index contributed by atoms with van der Waals surface area (Å²) < 4.78 is 4.96. The molecule has 26 heavy (non-hydrogen) atoms. The summed E-state index contributed by atoms with van der Waals surface area (Å²) >= 11 is 0. The molecule has 0 spiro atoms. The Labute approximate surface area is 155 Å². The first kappa shape index (κ1) is 18.4. The van der Waals surface area contributed by atoms with Gasteiger partial charge in [0.05, 0.1) is 6.61 Å². The lowest BCUT2D eigenvalue weighted by Crippen LogP contribution is -2.25. The van der Waals surface area contributed by atoms with E-state index in [9.17, 15) is 9.59 Å². The van der Waals surface area contributed by atoms with E-state index in [1.54, 1.807) is 6.92 Å². The minimum Gasteiger partial charge on any atom is -0.463 e. The molecule has 0 N–H and O–H groups in total. The third-order valence-electron chi connectivity index (χ3n) is 5.22. The van der Waals surface area contributed by atoms with Crippen LogP contribution in [0, 0.1) is 5.92 Å². The molecule has 1 saturated carbocycles. The van der Waals surface area contributed by atoms with E-state index in [-0.39, 0.29) is 17.8 Å². The van der Waals surface area contributed by atoms with Crippen LogP contribution in [0.2, 0.25) is 0 Å². The summed E-state index contributed by atoms with van der Waals surface area (Å²) in [7, 11) is 0. The standard InChI is InChI=1S/C23H26O3/c1-2-26-23(25)13-7-11-20(21-10-5-6-12-22(21)24)19-15-14-17-8-3-4-9-18(17)16-19/h3-4,7-9,13-16,20-21H,2,5-6,10-12H2,1H3/b13-7+/t20-,21-/m0/s1. The Hall–Kier alpha value is -2.42. The lowest BCUT2D eigenvalue weighted by Gasteiger charge is -2.29.